The van der Waals surface area contributed by atoms with Crippen LogP contribution in [0, 0.1) is 0 Å². The number of anilines is 2. The third-order valence-corrected chi connectivity index (χ3v) is 5.36. The average Bonchev–Trinajstić information content (AvgIpc) is 3.37. The van der Waals surface area contributed by atoms with Gasteiger partial charge >= 0.3 is 0 Å². The molecule has 2 aromatic carbocycles. The van der Waals surface area contributed by atoms with Crippen LogP contribution in [-0.2, 0) is 4.79 Å². The molecule has 28 heavy (non-hydrogen) atoms. The Labute approximate surface area is 167 Å². The molecule has 3 aromatic rings. The summed E-state index contributed by atoms with van der Waals surface area (Å²) in [4.78, 5) is 31.1. The molecule has 0 saturated carbocycles. The molecule has 7 heteroatoms. The molecule has 1 aliphatic heterocycles. The summed E-state index contributed by atoms with van der Waals surface area (Å²) in [5.74, 6) is -0.125. The molecular weight excluding hydrogens is 372 g/mol. The Balaban J connectivity index is 1.60. The molecule has 1 aromatic heterocycles. The standard InChI is InChI=1S/C21H20N4O2S/c1-28-21-22-11-13-24(21)16-7-4-6-15(14-16)20(27)23-17-8-2-3-9-18(17)25-12-5-10-19(25)26/h2-4,6-9,11,13-14H,5,10,12H2,1H3,(H,23,27). The van der Waals surface area contributed by atoms with Crippen molar-refractivity contribution < 1.29 is 9.59 Å². The van der Waals surface area contributed by atoms with Gasteiger partial charge in [0.15, 0.2) is 5.16 Å². The molecule has 0 unspecified atom stereocenters. The number of hydrogen-bond acceptors (Lipinski definition) is 4. The molecule has 1 fully saturated rings. The smallest absolute Gasteiger partial charge is 0.255 e. The topological polar surface area (TPSA) is 67.2 Å². The van der Waals surface area contributed by atoms with E-state index in [2.05, 4.69) is 10.3 Å². The number of nitrogens with zero attached hydrogens (tertiary/aromatic N) is 3. The highest BCUT2D eigenvalue weighted by Crippen LogP contribution is 2.30. The normalized spacial score (nSPS) is 13.8. The fraction of sp³-hybridized carbons (Fsp3) is 0.190. The van der Waals surface area contributed by atoms with E-state index >= 15 is 0 Å². The SMILES string of the molecule is CSc1nccn1-c1cccc(C(=O)Nc2ccccc2N2CCCC2=O)c1. The number of hydrogen-bond donors (Lipinski definition) is 1. The van der Waals surface area contributed by atoms with Crippen molar-refractivity contribution in [2.24, 2.45) is 0 Å². The summed E-state index contributed by atoms with van der Waals surface area (Å²) in [5.41, 5.74) is 2.80. The number of thioether (sulfide) groups is 1. The molecule has 0 spiro atoms. The average molecular weight is 392 g/mol. The highest BCUT2D eigenvalue weighted by atomic mass is 32.2. The Kier molecular flexibility index (Phi) is 5.16. The first-order valence-corrected chi connectivity index (χ1v) is 10.3. The van der Waals surface area contributed by atoms with Gasteiger partial charge in [-0.1, -0.05) is 30.0 Å². The molecule has 1 aliphatic rings. The Morgan fingerprint density at radius 2 is 2.04 bits per heavy atom. The van der Waals surface area contributed by atoms with Gasteiger partial charge in [-0.3, -0.25) is 14.2 Å². The second-order valence-corrected chi connectivity index (χ2v) is 7.23. The number of imidazole rings is 1. The van der Waals surface area contributed by atoms with E-state index in [0.717, 1.165) is 23.0 Å². The lowest BCUT2D eigenvalue weighted by atomic mass is 10.1. The van der Waals surface area contributed by atoms with E-state index in [0.29, 0.717) is 24.2 Å². The van der Waals surface area contributed by atoms with Crippen LogP contribution in [0.3, 0.4) is 0 Å². The van der Waals surface area contributed by atoms with Crippen molar-refractivity contribution in [1.82, 2.24) is 9.55 Å². The van der Waals surface area contributed by atoms with Crippen molar-refractivity contribution in [3.63, 3.8) is 0 Å². The van der Waals surface area contributed by atoms with Crippen molar-refractivity contribution in [1.29, 1.82) is 0 Å². The van der Waals surface area contributed by atoms with Crippen molar-refractivity contribution in [3.05, 3.63) is 66.5 Å². The lowest BCUT2D eigenvalue weighted by molar-refractivity contribution is -0.117. The summed E-state index contributed by atoms with van der Waals surface area (Å²) in [5, 5.41) is 3.82. The summed E-state index contributed by atoms with van der Waals surface area (Å²) < 4.78 is 1.94. The molecule has 0 radical (unpaired) electrons. The maximum atomic E-state index is 12.9. The van der Waals surface area contributed by atoms with Crippen LogP contribution in [0.15, 0.2) is 66.1 Å². The fourth-order valence-electron chi connectivity index (χ4n) is 3.35. The lowest BCUT2D eigenvalue weighted by Crippen LogP contribution is -2.25. The van der Waals surface area contributed by atoms with Crippen molar-refractivity contribution in [2.75, 3.05) is 23.0 Å². The number of nitrogens with one attached hydrogen (secondary N) is 1. The van der Waals surface area contributed by atoms with Crippen LogP contribution in [0.25, 0.3) is 5.69 Å². The molecule has 2 amide bonds. The zero-order valence-electron chi connectivity index (χ0n) is 15.5. The first-order valence-electron chi connectivity index (χ1n) is 9.06. The van der Waals surface area contributed by atoms with Crippen LogP contribution in [0.5, 0.6) is 0 Å². The van der Waals surface area contributed by atoms with E-state index < -0.39 is 0 Å². The Hall–Kier alpha value is -3.06. The predicted octanol–water partition coefficient (Wildman–Crippen LogP) is 3.97. The first kappa shape index (κ1) is 18.3. The Bertz CT molecular complexity index is 1030. The number of para-hydroxylation sites is 2. The highest BCUT2D eigenvalue weighted by Gasteiger charge is 2.24. The maximum Gasteiger partial charge on any atom is 0.255 e. The van der Waals surface area contributed by atoms with Crippen LogP contribution >= 0.6 is 11.8 Å². The molecule has 0 bridgehead atoms. The van der Waals surface area contributed by atoms with E-state index in [9.17, 15) is 9.59 Å². The molecule has 1 N–H and O–H groups in total. The van der Waals surface area contributed by atoms with Gasteiger partial charge in [0, 0.05) is 36.6 Å². The summed E-state index contributed by atoms with van der Waals surface area (Å²) in [6.45, 7) is 0.680. The van der Waals surface area contributed by atoms with Gasteiger partial charge in [0.05, 0.1) is 11.4 Å². The summed E-state index contributed by atoms with van der Waals surface area (Å²) in [6.07, 6.45) is 6.96. The summed E-state index contributed by atoms with van der Waals surface area (Å²) in [6, 6.07) is 14.8. The van der Waals surface area contributed by atoms with Crippen molar-refractivity contribution in [2.45, 2.75) is 18.0 Å². The molecule has 0 aliphatic carbocycles. The van der Waals surface area contributed by atoms with Crippen molar-refractivity contribution >= 4 is 35.0 Å². The van der Waals surface area contributed by atoms with E-state index in [1.54, 1.807) is 28.9 Å². The molecule has 142 valence electrons. The van der Waals surface area contributed by atoms with Gasteiger partial charge < -0.3 is 10.2 Å². The van der Waals surface area contributed by atoms with Gasteiger partial charge in [0.1, 0.15) is 0 Å². The zero-order chi connectivity index (χ0) is 19.5. The van der Waals surface area contributed by atoms with E-state index in [-0.39, 0.29) is 11.8 Å². The number of amides is 2. The van der Waals surface area contributed by atoms with Crippen LogP contribution in [-0.4, -0.2) is 34.2 Å². The number of benzene rings is 2. The minimum Gasteiger partial charge on any atom is -0.320 e. The van der Waals surface area contributed by atoms with Crippen LogP contribution in [0.1, 0.15) is 23.2 Å². The Morgan fingerprint density at radius 1 is 1.18 bits per heavy atom. The quantitative estimate of drug-likeness (QED) is 0.667. The number of carbonyl (C=O) groups excluding carboxylic acids is 2. The minimum absolute atomic E-state index is 0.0911. The van der Waals surface area contributed by atoms with E-state index in [1.807, 2.05) is 59.5 Å². The summed E-state index contributed by atoms with van der Waals surface area (Å²) in [7, 11) is 0. The second kappa shape index (κ2) is 7.90. The Morgan fingerprint density at radius 3 is 2.82 bits per heavy atom. The molecule has 0 atom stereocenters. The van der Waals surface area contributed by atoms with Crippen molar-refractivity contribution in [3.8, 4) is 5.69 Å². The largest absolute Gasteiger partial charge is 0.320 e. The maximum absolute atomic E-state index is 12.9. The van der Waals surface area contributed by atoms with Gasteiger partial charge in [0.2, 0.25) is 5.91 Å². The summed E-state index contributed by atoms with van der Waals surface area (Å²) >= 11 is 1.54. The predicted molar refractivity (Wildman–Crippen MR) is 111 cm³/mol. The van der Waals surface area contributed by atoms with Gasteiger partial charge in [-0.05, 0) is 43.0 Å². The third-order valence-electron chi connectivity index (χ3n) is 4.69. The molecule has 6 nitrogen and oxygen atoms in total. The second-order valence-electron chi connectivity index (χ2n) is 6.45. The molecule has 4 rings (SSSR count). The van der Waals surface area contributed by atoms with E-state index in [1.165, 1.54) is 0 Å². The van der Waals surface area contributed by atoms with Crippen LogP contribution < -0.4 is 10.2 Å². The third kappa shape index (κ3) is 3.53. The van der Waals surface area contributed by atoms with Gasteiger partial charge in [-0.2, -0.15) is 0 Å². The number of aromatic nitrogens is 2. The minimum atomic E-state index is -0.216. The molecular formula is C21H20N4O2S. The fourth-order valence-corrected chi connectivity index (χ4v) is 3.88. The van der Waals surface area contributed by atoms with E-state index in [4.69, 9.17) is 0 Å². The van der Waals surface area contributed by atoms with Crippen LogP contribution in [0.2, 0.25) is 0 Å². The first-order chi connectivity index (χ1) is 13.7. The van der Waals surface area contributed by atoms with Gasteiger partial charge in [0.25, 0.3) is 5.91 Å². The van der Waals surface area contributed by atoms with Gasteiger partial charge in [-0.15, -0.1) is 0 Å². The molecule has 2 heterocycles. The zero-order valence-corrected chi connectivity index (χ0v) is 16.3. The molecule has 1 saturated heterocycles. The monoisotopic (exact) mass is 392 g/mol. The number of rotatable bonds is 5. The van der Waals surface area contributed by atoms with Gasteiger partial charge in [-0.25, -0.2) is 4.98 Å². The lowest BCUT2D eigenvalue weighted by Gasteiger charge is -2.20. The van der Waals surface area contributed by atoms with Crippen LogP contribution in [0.4, 0.5) is 11.4 Å². The highest BCUT2D eigenvalue weighted by molar-refractivity contribution is 7.98. The number of carbonyl (C=O) groups is 2.